The van der Waals surface area contributed by atoms with Gasteiger partial charge >= 0.3 is 17.9 Å². The molecule has 1 aromatic heterocycles. The van der Waals surface area contributed by atoms with E-state index in [1.165, 1.54) is 13.0 Å². The van der Waals surface area contributed by atoms with Gasteiger partial charge in [0.1, 0.15) is 0 Å². The summed E-state index contributed by atoms with van der Waals surface area (Å²) in [4.78, 5) is 48.0. The van der Waals surface area contributed by atoms with Gasteiger partial charge in [-0.25, -0.2) is 4.68 Å². The second-order valence-electron chi connectivity index (χ2n) is 7.69. The van der Waals surface area contributed by atoms with Gasteiger partial charge in [-0.3, -0.25) is 19.2 Å². The van der Waals surface area contributed by atoms with E-state index in [0.717, 1.165) is 24.1 Å². The van der Waals surface area contributed by atoms with Crippen LogP contribution in [0.2, 0.25) is 5.02 Å². The molecule has 4 unspecified atom stereocenters. The normalized spacial score (nSPS) is 21.7. The van der Waals surface area contributed by atoms with Crippen LogP contribution in [0, 0.1) is 4.77 Å². The molecule has 1 aliphatic rings. The predicted molar refractivity (Wildman–Crippen MR) is 130 cm³/mol. The summed E-state index contributed by atoms with van der Waals surface area (Å²) in [7, 11) is 0. The fourth-order valence-electron chi connectivity index (χ4n) is 3.47. The van der Waals surface area contributed by atoms with Crippen molar-refractivity contribution >= 4 is 53.9 Å². The van der Waals surface area contributed by atoms with Crippen LogP contribution in [0.4, 0.5) is 0 Å². The third-order valence-corrected chi connectivity index (χ3v) is 5.56. The van der Waals surface area contributed by atoms with Crippen LogP contribution in [0.5, 0.6) is 0 Å². The topological polar surface area (TPSA) is 154 Å². The Balaban J connectivity index is 2.08. The van der Waals surface area contributed by atoms with Crippen LogP contribution in [0.15, 0.2) is 29.1 Å². The zero-order chi connectivity index (χ0) is 26.6. The molecule has 2 aromatic rings. The summed E-state index contributed by atoms with van der Waals surface area (Å²) in [6.07, 6.45) is -1.96. The van der Waals surface area contributed by atoms with E-state index in [9.17, 15) is 19.2 Å². The number of nitrogens with zero attached hydrogens (tertiary/aromatic N) is 3. The monoisotopic (exact) mass is 538 g/mol. The SMILES string of the molecule is CC(=O)OC1COC(n2nc(/C=C/c3ccc(Cl)cc3)c(=O)n(N)c2=S)C(OC(C)=O)C1OC(C)=O. The molecule has 0 radical (unpaired) electrons. The maximum Gasteiger partial charge on any atom is 0.303 e. The number of rotatable bonds is 6. The fraction of sp³-hybridized carbons (Fsp3) is 0.364. The maximum atomic E-state index is 12.7. The van der Waals surface area contributed by atoms with E-state index in [0.29, 0.717) is 9.70 Å². The van der Waals surface area contributed by atoms with Gasteiger partial charge in [-0.05, 0) is 36.0 Å². The van der Waals surface area contributed by atoms with E-state index in [1.54, 1.807) is 30.3 Å². The van der Waals surface area contributed by atoms with Crippen molar-refractivity contribution in [2.75, 3.05) is 12.4 Å². The van der Waals surface area contributed by atoms with Crippen molar-refractivity contribution in [2.45, 2.75) is 45.3 Å². The smallest absolute Gasteiger partial charge is 0.303 e. The van der Waals surface area contributed by atoms with Gasteiger partial charge in [-0.2, -0.15) is 9.77 Å². The summed E-state index contributed by atoms with van der Waals surface area (Å²) in [6, 6.07) is 6.82. The van der Waals surface area contributed by atoms with Gasteiger partial charge in [-0.1, -0.05) is 29.8 Å². The van der Waals surface area contributed by atoms with E-state index in [-0.39, 0.29) is 17.1 Å². The van der Waals surface area contributed by atoms with Gasteiger partial charge in [-0.15, -0.1) is 0 Å². The van der Waals surface area contributed by atoms with Gasteiger partial charge in [0.05, 0.1) is 6.61 Å². The van der Waals surface area contributed by atoms with Crippen molar-refractivity contribution in [1.82, 2.24) is 14.5 Å². The van der Waals surface area contributed by atoms with Crippen molar-refractivity contribution in [3.05, 3.63) is 55.7 Å². The van der Waals surface area contributed by atoms with Crippen LogP contribution >= 0.6 is 23.8 Å². The third-order valence-electron chi connectivity index (χ3n) is 4.92. The highest BCUT2D eigenvalue weighted by molar-refractivity contribution is 7.71. The zero-order valence-corrected chi connectivity index (χ0v) is 21.0. The Labute approximate surface area is 215 Å². The van der Waals surface area contributed by atoms with E-state index in [1.807, 2.05) is 0 Å². The van der Waals surface area contributed by atoms with Crippen molar-refractivity contribution < 1.29 is 33.3 Å². The number of halogens is 1. The summed E-state index contributed by atoms with van der Waals surface area (Å²) in [6.45, 7) is 3.18. The molecule has 192 valence electrons. The molecule has 0 bridgehead atoms. The van der Waals surface area contributed by atoms with E-state index in [2.05, 4.69) is 5.10 Å². The number of esters is 3. The second-order valence-corrected chi connectivity index (χ2v) is 8.49. The van der Waals surface area contributed by atoms with Crippen LogP contribution in [0.3, 0.4) is 0 Å². The Kier molecular flexibility index (Phi) is 8.61. The molecule has 14 heteroatoms. The average molecular weight is 539 g/mol. The molecule has 12 nitrogen and oxygen atoms in total. The molecule has 2 heterocycles. The first-order chi connectivity index (χ1) is 17.0. The fourth-order valence-corrected chi connectivity index (χ4v) is 3.83. The number of hydrogen-bond donors (Lipinski definition) is 1. The predicted octanol–water partition coefficient (Wildman–Crippen LogP) is 1.64. The Hall–Kier alpha value is -3.55. The highest BCUT2D eigenvalue weighted by Crippen LogP contribution is 2.30. The van der Waals surface area contributed by atoms with Crippen LogP contribution in [-0.4, -0.2) is 57.3 Å². The maximum absolute atomic E-state index is 12.7. The van der Waals surface area contributed by atoms with Gasteiger partial charge in [0.2, 0.25) is 4.77 Å². The molecule has 3 rings (SSSR count). The molecule has 0 spiro atoms. The number of hydrogen-bond acceptors (Lipinski definition) is 11. The molecule has 1 fully saturated rings. The molecule has 4 atom stereocenters. The van der Waals surface area contributed by atoms with Gasteiger partial charge in [0.15, 0.2) is 30.2 Å². The van der Waals surface area contributed by atoms with Crippen LogP contribution in [-0.2, 0) is 33.3 Å². The average Bonchev–Trinajstić information content (AvgIpc) is 2.80. The van der Waals surface area contributed by atoms with Crippen molar-refractivity contribution in [2.24, 2.45) is 0 Å². The van der Waals surface area contributed by atoms with Crippen LogP contribution in [0.1, 0.15) is 38.3 Å². The Morgan fingerprint density at radius 1 is 1.06 bits per heavy atom. The number of benzene rings is 1. The highest BCUT2D eigenvalue weighted by atomic mass is 35.5. The molecule has 0 saturated carbocycles. The van der Waals surface area contributed by atoms with Crippen LogP contribution < -0.4 is 11.4 Å². The summed E-state index contributed by atoms with van der Waals surface area (Å²) in [5.74, 6) is 3.77. The van der Waals surface area contributed by atoms with Crippen LogP contribution in [0.25, 0.3) is 12.2 Å². The second kappa shape index (κ2) is 11.5. The lowest BCUT2D eigenvalue weighted by molar-refractivity contribution is -0.242. The largest absolute Gasteiger partial charge is 0.456 e. The minimum Gasteiger partial charge on any atom is -0.456 e. The number of carbonyl (C=O) groups is 3. The summed E-state index contributed by atoms with van der Waals surface area (Å²) >= 11 is 11.2. The minimum atomic E-state index is -1.35. The van der Waals surface area contributed by atoms with Gasteiger partial charge < -0.3 is 24.8 Å². The summed E-state index contributed by atoms with van der Waals surface area (Å²) < 4.78 is 23.2. The number of aromatic nitrogens is 3. The molecular formula is C22H23ClN4O8S. The van der Waals surface area contributed by atoms with E-state index in [4.69, 9.17) is 48.6 Å². The standard InChI is InChI=1S/C22H23ClN4O8S/c1-11(28)33-17-10-32-21(19(35-13(3)30)18(17)34-12(2)29)27-22(36)26(24)20(31)16(25-27)9-6-14-4-7-15(23)8-5-14/h4-9,17-19,21H,10,24H2,1-3H3/b9-6+. The van der Waals surface area contributed by atoms with Crippen molar-refractivity contribution in [1.29, 1.82) is 0 Å². The highest BCUT2D eigenvalue weighted by Gasteiger charge is 2.48. The Morgan fingerprint density at radius 3 is 2.22 bits per heavy atom. The summed E-state index contributed by atoms with van der Waals surface area (Å²) in [5.41, 5.74) is -0.0861. The number of nitrogen functional groups attached to an aromatic ring is 1. The third kappa shape index (κ3) is 6.36. The number of carbonyl (C=O) groups excluding carboxylic acids is 3. The molecule has 36 heavy (non-hydrogen) atoms. The first-order valence-electron chi connectivity index (χ1n) is 10.6. The first-order valence-corrected chi connectivity index (χ1v) is 11.3. The number of ether oxygens (including phenoxy) is 4. The lowest BCUT2D eigenvalue weighted by Crippen LogP contribution is -2.56. The van der Waals surface area contributed by atoms with E-state index < -0.39 is 48.0 Å². The quantitative estimate of drug-likeness (QED) is 0.247. The Bertz CT molecular complexity index is 1310. The molecule has 1 saturated heterocycles. The number of nitrogens with two attached hydrogens (primary N) is 1. The van der Waals surface area contributed by atoms with Crippen molar-refractivity contribution in [3.63, 3.8) is 0 Å². The first kappa shape index (κ1) is 27.0. The molecule has 0 aliphatic carbocycles. The lowest BCUT2D eigenvalue weighted by atomic mass is 10.0. The Morgan fingerprint density at radius 2 is 1.64 bits per heavy atom. The lowest BCUT2D eigenvalue weighted by Gasteiger charge is -2.40. The summed E-state index contributed by atoms with van der Waals surface area (Å²) in [5, 5.41) is 4.81. The van der Waals surface area contributed by atoms with Gasteiger partial charge in [0.25, 0.3) is 5.56 Å². The van der Waals surface area contributed by atoms with Crippen molar-refractivity contribution in [3.8, 4) is 0 Å². The minimum absolute atomic E-state index is 0.114. The molecule has 1 aromatic carbocycles. The molecule has 2 N–H and O–H groups in total. The molecular weight excluding hydrogens is 516 g/mol. The van der Waals surface area contributed by atoms with E-state index >= 15 is 0 Å². The molecule has 1 aliphatic heterocycles. The van der Waals surface area contributed by atoms with Gasteiger partial charge in [0, 0.05) is 25.8 Å². The molecule has 0 amide bonds. The zero-order valence-electron chi connectivity index (χ0n) is 19.5.